The molecule has 4 saturated carbocycles. The molecule has 240 valence electrons. The molecule has 0 amide bonds. The van der Waals surface area contributed by atoms with E-state index in [1.165, 1.54) is 80.5 Å². The number of fused-ring (bicyclic) bond motifs is 8. The van der Waals surface area contributed by atoms with Crippen LogP contribution < -0.4 is 16.4 Å². The summed E-state index contributed by atoms with van der Waals surface area (Å²) in [5.41, 5.74) is 8.99. The Morgan fingerprint density at radius 3 is 2.55 bits per heavy atom. The third-order valence-electron chi connectivity index (χ3n) is 15.1. The molecule has 4 heteroatoms. The number of rotatable bonds is 5. The molecule has 6 fully saturated rings. The first-order chi connectivity index (χ1) is 21.2. The predicted molar refractivity (Wildman–Crippen MR) is 181 cm³/mol. The summed E-state index contributed by atoms with van der Waals surface area (Å²) < 4.78 is 7.13. The standard InChI is InChI=1S/C40H59N3O/c1-25-13-18-40(43-23-25)26(2)37-36(44-40)22-35-33-12-11-30-21-32(14-16-38(30,3)34(33)15-17-39(35,37)4)42-24-31(41)20-27-9-10-28-7-5-6-8-29(28)19-27/h5-10,19,25-26,30-37,42-43H,11-18,20-24,41H2,1-4H3/t25-,26-,30-,31-,32?,33+,34-,35-,36-,37-,38-,39-,40-/m0/s1. The maximum atomic E-state index is 7.13. The smallest absolute Gasteiger partial charge is 0.122 e. The van der Waals surface area contributed by atoms with Crippen molar-refractivity contribution in [2.24, 2.45) is 58.0 Å². The Balaban J connectivity index is 0.887. The first-order valence-electron chi connectivity index (χ1n) is 18.6. The maximum Gasteiger partial charge on any atom is 0.122 e. The van der Waals surface area contributed by atoms with Crippen LogP contribution >= 0.6 is 0 Å². The first-order valence-corrected chi connectivity index (χ1v) is 18.6. The minimum atomic E-state index is -0.0420. The average molecular weight is 598 g/mol. The average Bonchev–Trinajstić information content (AvgIpc) is 3.47. The van der Waals surface area contributed by atoms with Gasteiger partial charge in [0.15, 0.2) is 0 Å². The van der Waals surface area contributed by atoms with E-state index in [4.69, 9.17) is 10.5 Å². The van der Waals surface area contributed by atoms with Gasteiger partial charge in [0.1, 0.15) is 5.72 Å². The van der Waals surface area contributed by atoms with Crippen LogP contribution in [0.1, 0.15) is 97.5 Å². The Labute approximate surface area is 267 Å². The number of nitrogens with two attached hydrogens (primary N) is 1. The van der Waals surface area contributed by atoms with E-state index in [1.54, 1.807) is 0 Å². The van der Waals surface area contributed by atoms with Gasteiger partial charge in [-0.25, -0.2) is 0 Å². The van der Waals surface area contributed by atoms with Crippen LogP contribution in [0.2, 0.25) is 0 Å². The lowest BCUT2D eigenvalue weighted by atomic mass is 9.44. The molecule has 13 atom stereocenters. The topological polar surface area (TPSA) is 59.3 Å². The fourth-order valence-electron chi connectivity index (χ4n) is 12.7. The maximum absolute atomic E-state index is 7.13. The van der Waals surface area contributed by atoms with E-state index in [1.807, 2.05) is 0 Å². The molecule has 8 rings (SSSR count). The van der Waals surface area contributed by atoms with Gasteiger partial charge >= 0.3 is 0 Å². The second-order valence-electron chi connectivity index (χ2n) is 17.3. The van der Waals surface area contributed by atoms with Gasteiger partial charge in [0.25, 0.3) is 0 Å². The van der Waals surface area contributed by atoms with E-state index in [2.05, 4.69) is 80.8 Å². The van der Waals surface area contributed by atoms with E-state index in [9.17, 15) is 0 Å². The molecule has 4 nitrogen and oxygen atoms in total. The Kier molecular flexibility index (Phi) is 7.52. The summed E-state index contributed by atoms with van der Waals surface area (Å²) in [6, 6.07) is 16.3. The summed E-state index contributed by atoms with van der Waals surface area (Å²) in [5.74, 6) is 5.69. The van der Waals surface area contributed by atoms with Crippen LogP contribution in [0.3, 0.4) is 0 Å². The molecule has 2 heterocycles. The summed E-state index contributed by atoms with van der Waals surface area (Å²) in [7, 11) is 0. The third-order valence-corrected chi connectivity index (χ3v) is 15.1. The number of ether oxygens (including phenoxy) is 1. The van der Waals surface area contributed by atoms with Crippen LogP contribution in [-0.4, -0.2) is 37.0 Å². The highest BCUT2D eigenvalue weighted by atomic mass is 16.5. The minimum Gasteiger partial charge on any atom is -0.357 e. The van der Waals surface area contributed by atoms with Crippen molar-refractivity contribution in [2.45, 2.75) is 122 Å². The van der Waals surface area contributed by atoms with Gasteiger partial charge in [-0.2, -0.15) is 0 Å². The van der Waals surface area contributed by atoms with Crippen molar-refractivity contribution in [1.82, 2.24) is 10.6 Å². The molecule has 2 aliphatic heterocycles. The molecular formula is C40H59N3O. The Hall–Kier alpha value is -1.46. The van der Waals surface area contributed by atoms with Gasteiger partial charge < -0.3 is 15.8 Å². The largest absolute Gasteiger partial charge is 0.357 e. The quantitative estimate of drug-likeness (QED) is 0.331. The molecule has 2 saturated heterocycles. The van der Waals surface area contributed by atoms with Gasteiger partial charge in [0.05, 0.1) is 6.10 Å². The van der Waals surface area contributed by atoms with Gasteiger partial charge in [0.2, 0.25) is 0 Å². The molecule has 1 unspecified atom stereocenters. The number of hydrogen-bond donors (Lipinski definition) is 3. The lowest BCUT2D eigenvalue weighted by Gasteiger charge is -2.61. The van der Waals surface area contributed by atoms with Crippen LogP contribution in [0.4, 0.5) is 0 Å². The van der Waals surface area contributed by atoms with Gasteiger partial charge in [-0.05, 0) is 133 Å². The zero-order chi connectivity index (χ0) is 30.3. The van der Waals surface area contributed by atoms with Crippen molar-refractivity contribution >= 4 is 10.8 Å². The monoisotopic (exact) mass is 597 g/mol. The summed E-state index contributed by atoms with van der Waals surface area (Å²) in [4.78, 5) is 0. The highest BCUT2D eigenvalue weighted by molar-refractivity contribution is 5.83. The van der Waals surface area contributed by atoms with E-state index in [0.29, 0.717) is 28.9 Å². The van der Waals surface area contributed by atoms with Crippen molar-refractivity contribution in [3.63, 3.8) is 0 Å². The fourth-order valence-corrected chi connectivity index (χ4v) is 12.7. The predicted octanol–water partition coefficient (Wildman–Crippen LogP) is 7.69. The summed E-state index contributed by atoms with van der Waals surface area (Å²) in [5, 5.41) is 10.5. The van der Waals surface area contributed by atoms with E-state index < -0.39 is 0 Å². The molecule has 0 aromatic heterocycles. The zero-order valence-corrected chi connectivity index (χ0v) is 28.0. The van der Waals surface area contributed by atoms with Crippen molar-refractivity contribution in [3.8, 4) is 0 Å². The molecule has 1 spiro atoms. The molecule has 0 radical (unpaired) electrons. The fraction of sp³-hybridized carbons (Fsp3) is 0.750. The van der Waals surface area contributed by atoms with E-state index in [0.717, 1.165) is 55.0 Å². The number of benzene rings is 2. The highest BCUT2D eigenvalue weighted by Gasteiger charge is 2.68. The van der Waals surface area contributed by atoms with Crippen LogP contribution in [0.15, 0.2) is 42.5 Å². The van der Waals surface area contributed by atoms with E-state index >= 15 is 0 Å². The zero-order valence-electron chi connectivity index (χ0n) is 28.0. The molecule has 44 heavy (non-hydrogen) atoms. The van der Waals surface area contributed by atoms with Gasteiger partial charge in [-0.3, -0.25) is 5.32 Å². The SMILES string of the molecule is C[C@H]1CC[C@]2(NC1)O[C@H]1C[C@H]3[C@@H]4CC[C@H]5CC(NC[C@@H](N)Cc6ccc7ccccc7c6)CC[C@]5(C)[C@H]4CC[C@]3(C)[C@H]1[C@@H]2C. The van der Waals surface area contributed by atoms with Crippen LogP contribution in [0.25, 0.3) is 10.8 Å². The highest BCUT2D eigenvalue weighted by Crippen LogP contribution is 2.71. The minimum absolute atomic E-state index is 0.0420. The molecule has 2 aromatic rings. The second-order valence-corrected chi connectivity index (χ2v) is 17.3. The lowest BCUT2D eigenvalue weighted by Crippen LogP contribution is -2.58. The van der Waals surface area contributed by atoms with Crippen molar-refractivity contribution in [2.75, 3.05) is 13.1 Å². The molecule has 4 N–H and O–H groups in total. The first kappa shape index (κ1) is 29.9. The summed E-state index contributed by atoms with van der Waals surface area (Å²) in [6.45, 7) is 12.4. The molecule has 4 aliphatic carbocycles. The summed E-state index contributed by atoms with van der Waals surface area (Å²) in [6.07, 6.45) is 15.1. The number of nitrogens with one attached hydrogen (secondary N) is 2. The van der Waals surface area contributed by atoms with Crippen LogP contribution in [-0.2, 0) is 11.2 Å². The third kappa shape index (κ3) is 4.75. The summed E-state index contributed by atoms with van der Waals surface area (Å²) >= 11 is 0. The van der Waals surface area contributed by atoms with Crippen molar-refractivity contribution < 1.29 is 4.74 Å². The molecule has 2 aromatic carbocycles. The molecule has 0 bridgehead atoms. The molecular weight excluding hydrogens is 538 g/mol. The number of piperidine rings is 1. The van der Waals surface area contributed by atoms with Gasteiger partial charge in [-0.1, -0.05) is 70.2 Å². The van der Waals surface area contributed by atoms with Gasteiger partial charge in [0, 0.05) is 31.1 Å². The van der Waals surface area contributed by atoms with Crippen LogP contribution in [0, 0.1) is 52.3 Å². The second kappa shape index (κ2) is 11.1. The van der Waals surface area contributed by atoms with E-state index in [-0.39, 0.29) is 11.8 Å². The Morgan fingerprint density at radius 2 is 1.73 bits per heavy atom. The Bertz CT molecular complexity index is 1350. The Morgan fingerprint density at radius 1 is 0.909 bits per heavy atom. The lowest BCUT2D eigenvalue weighted by molar-refractivity contribution is -0.134. The van der Waals surface area contributed by atoms with Crippen LogP contribution in [0.5, 0.6) is 0 Å². The normalized spacial score (nSPS) is 47.2. The van der Waals surface area contributed by atoms with Crippen molar-refractivity contribution in [3.05, 3.63) is 48.0 Å². The van der Waals surface area contributed by atoms with Crippen molar-refractivity contribution in [1.29, 1.82) is 0 Å². The number of hydrogen-bond acceptors (Lipinski definition) is 4. The van der Waals surface area contributed by atoms with Gasteiger partial charge in [-0.15, -0.1) is 0 Å². The molecule has 6 aliphatic rings.